The third kappa shape index (κ3) is 1.29. The van der Waals surface area contributed by atoms with Crippen molar-refractivity contribution in [3.63, 3.8) is 0 Å². The summed E-state index contributed by atoms with van der Waals surface area (Å²) in [6, 6.07) is 3.91. The first-order valence-corrected chi connectivity index (χ1v) is 5.22. The van der Waals surface area contributed by atoms with Crippen molar-refractivity contribution < 1.29 is 9.84 Å². The van der Waals surface area contributed by atoms with Gasteiger partial charge in [-0.25, -0.2) is 4.98 Å². The molecular weight excluding hydrogens is 206 g/mol. The fourth-order valence-corrected chi connectivity index (χ4v) is 1.88. The van der Waals surface area contributed by atoms with Crippen molar-refractivity contribution in [3.8, 4) is 11.4 Å². The number of aromatic nitrogens is 3. The van der Waals surface area contributed by atoms with E-state index in [1.807, 2.05) is 18.3 Å². The molecule has 16 heavy (non-hydrogen) atoms. The summed E-state index contributed by atoms with van der Waals surface area (Å²) in [6.45, 7) is 1.12. The molecule has 0 radical (unpaired) electrons. The molecular formula is C11H13N3O2. The molecule has 0 spiro atoms. The third-order valence-electron chi connectivity index (χ3n) is 3.03. The number of H-pyrrole nitrogens is 2. The van der Waals surface area contributed by atoms with Crippen molar-refractivity contribution in [3.05, 3.63) is 30.4 Å². The van der Waals surface area contributed by atoms with E-state index in [2.05, 4.69) is 15.0 Å². The monoisotopic (exact) mass is 219 g/mol. The van der Waals surface area contributed by atoms with Crippen LogP contribution in [0.1, 0.15) is 5.82 Å². The summed E-state index contributed by atoms with van der Waals surface area (Å²) >= 11 is 0. The van der Waals surface area contributed by atoms with Gasteiger partial charge in [0.2, 0.25) is 0 Å². The van der Waals surface area contributed by atoms with Crippen molar-refractivity contribution in [2.24, 2.45) is 0 Å². The number of rotatable bonds is 3. The third-order valence-corrected chi connectivity index (χ3v) is 3.03. The lowest BCUT2D eigenvalue weighted by Gasteiger charge is -2.37. The maximum Gasteiger partial charge on any atom is 0.119 e. The number of aliphatic hydroxyl groups excluding tert-OH is 1. The largest absolute Gasteiger partial charge is 0.395 e. The van der Waals surface area contributed by atoms with Gasteiger partial charge in [-0.2, -0.15) is 0 Å². The highest BCUT2D eigenvalue weighted by molar-refractivity contribution is 5.53. The molecule has 5 nitrogen and oxygen atoms in total. The molecule has 0 amide bonds. The Labute approximate surface area is 92.5 Å². The molecule has 0 bridgehead atoms. The summed E-state index contributed by atoms with van der Waals surface area (Å²) in [4.78, 5) is 10.7. The van der Waals surface area contributed by atoms with Crippen molar-refractivity contribution >= 4 is 0 Å². The lowest BCUT2D eigenvalue weighted by atomic mass is 9.86. The summed E-state index contributed by atoms with van der Waals surface area (Å²) in [5.41, 5.74) is 1.59. The van der Waals surface area contributed by atoms with Crippen LogP contribution in [-0.4, -0.2) is 39.9 Å². The van der Waals surface area contributed by atoms with Gasteiger partial charge in [-0.15, -0.1) is 0 Å². The maximum atomic E-state index is 9.38. The minimum Gasteiger partial charge on any atom is -0.395 e. The molecule has 1 aliphatic heterocycles. The Kier molecular flexibility index (Phi) is 2.08. The number of ether oxygens (including phenoxy) is 1. The molecule has 5 heteroatoms. The van der Waals surface area contributed by atoms with E-state index in [0.717, 1.165) is 17.2 Å². The Hall–Kier alpha value is -1.59. The average Bonchev–Trinajstić information content (AvgIpc) is 2.86. The molecule has 0 aromatic carbocycles. The van der Waals surface area contributed by atoms with Crippen molar-refractivity contribution in [1.29, 1.82) is 0 Å². The number of aromatic amines is 2. The first-order chi connectivity index (χ1) is 7.84. The fraction of sp³-hybridized carbons (Fsp3) is 0.364. The van der Waals surface area contributed by atoms with Gasteiger partial charge in [-0.3, -0.25) is 0 Å². The lowest BCUT2D eigenvalue weighted by Crippen LogP contribution is -2.50. The normalized spacial score (nSPS) is 18.3. The standard InChI is InChI=1S/C11H13N3O2/c15-5-11(6-16-7-11)10-13-4-9(14-10)8-2-1-3-12-8/h1-4,12,15H,5-7H2,(H,13,14). The molecule has 3 rings (SSSR count). The zero-order valence-corrected chi connectivity index (χ0v) is 8.73. The number of hydrogen-bond acceptors (Lipinski definition) is 3. The molecule has 0 unspecified atom stereocenters. The molecule has 84 valence electrons. The minimum atomic E-state index is -0.329. The van der Waals surface area contributed by atoms with Gasteiger partial charge in [-0.1, -0.05) is 0 Å². The maximum absolute atomic E-state index is 9.38. The molecule has 3 N–H and O–H groups in total. The zero-order chi connectivity index (χ0) is 11.0. The number of imidazole rings is 1. The van der Waals surface area contributed by atoms with E-state index < -0.39 is 0 Å². The van der Waals surface area contributed by atoms with Crippen LogP contribution in [0.4, 0.5) is 0 Å². The summed E-state index contributed by atoms with van der Waals surface area (Å²) in [5.74, 6) is 0.797. The number of aliphatic hydroxyl groups is 1. The molecule has 0 atom stereocenters. The Balaban J connectivity index is 1.93. The zero-order valence-electron chi connectivity index (χ0n) is 8.73. The summed E-state index contributed by atoms with van der Waals surface area (Å²) < 4.78 is 5.16. The van der Waals surface area contributed by atoms with E-state index in [1.165, 1.54) is 0 Å². The van der Waals surface area contributed by atoms with Crippen LogP contribution in [0, 0.1) is 0 Å². The molecule has 2 aromatic heterocycles. The molecule has 1 saturated heterocycles. The van der Waals surface area contributed by atoms with Gasteiger partial charge in [0.15, 0.2) is 0 Å². The summed E-state index contributed by atoms with van der Waals surface area (Å²) in [6.07, 6.45) is 3.64. The van der Waals surface area contributed by atoms with Crippen molar-refractivity contribution in [2.45, 2.75) is 5.41 Å². The van der Waals surface area contributed by atoms with Gasteiger partial charge < -0.3 is 19.8 Å². The molecule has 1 aliphatic rings. The second-order valence-corrected chi connectivity index (χ2v) is 4.16. The van der Waals surface area contributed by atoms with Gasteiger partial charge in [0.1, 0.15) is 5.82 Å². The van der Waals surface area contributed by atoms with Gasteiger partial charge in [0, 0.05) is 6.20 Å². The predicted molar refractivity (Wildman–Crippen MR) is 58.0 cm³/mol. The highest BCUT2D eigenvalue weighted by Gasteiger charge is 2.42. The fourth-order valence-electron chi connectivity index (χ4n) is 1.88. The van der Waals surface area contributed by atoms with E-state index in [-0.39, 0.29) is 12.0 Å². The Bertz CT molecular complexity index is 466. The van der Waals surface area contributed by atoms with Crippen LogP contribution in [0.2, 0.25) is 0 Å². The smallest absolute Gasteiger partial charge is 0.119 e. The molecule has 0 aliphatic carbocycles. The van der Waals surface area contributed by atoms with Gasteiger partial charge in [0.25, 0.3) is 0 Å². The van der Waals surface area contributed by atoms with Crippen molar-refractivity contribution in [1.82, 2.24) is 15.0 Å². The predicted octanol–water partition coefficient (Wildman–Crippen LogP) is 0.665. The SMILES string of the molecule is OCC1(c2ncc(-c3ccc[nH]3)[nH]2)COC1. The van der Waals surface area contributed by atoms with Crippen LogP contribution >= 0.6 is 0 Å². The van der Waals surface area contributed by atoms with Crippen LogP contribution in [0.15, 0.2) is 24.5 Å². The van der Waals surface area contributed by atoms with Crippen LogP contribution in [0.3, 0.4) is 0 Å². The average molecular weight is 219 g/mol. The van der Waals surface area contributed by atoms with E-state index >= 15 is 0 Å². The number of nitrogens with zero attached hydrogens (tertiary/aromatic N) is 1. The highest BCUT2D eigenvalue weighted by atomic mass is 16.5. The Morgan fingerprint density at radius 3 is 2.88 bits per heavy atom. The molecule has 2 aromatic rings. The van der Waals surface area contributed by atoms with Crippen LogP contribution < -0.4 is 0 Å². The van der Waals surface area contributed by atoms with E-state index in [9.17, 15) is 5.11 Å². The van der Waals surface area contributed by atoms with Crippen LogP contribution in [0.5, 0.6) is 0 Å². The van der Waals surface area contributed by atoms with Gasteiger partial charge >= 0.3 is 0 Å². The van der Waals surface area contributed by atoms with E-state index in [1.54, 1.807) is 6.20 Å². The molecule has 0 saturated carbocycles. The lowest BCUT2D eigenvalue weighted by molar-refractivity contribution is -0.0880. The Morgan fingerprint density at radius 1 is 1.44 bits per heavy atom. The first-order valence-electron chi connectivity index (χ1n) is 5.22. The Morgan fingerprint density at radius 2 is 2.31 bits per heavy atom. The minimum absolute atomic E-state index is 0.0602. The topological polar surface area (TPSA) is 73.9 Å². The van der Waals surface area contributed by atoms with Gasteiger partial charge in [0.05, 0.1) is 42.8 Å². The van der Waals surface area contributed by atoms with Crippen LogP contribution in [-0.2, 0) is 10.2 Å². The summed E-state index contributed by atoms with van der Waals surface area (Å²) in [5, 5.41) is 9.38. The van der Waals surface area contributed by atoms with Crippen molar-refractivity contribution in [2.75, 3.05) is 19.8 Å². The van der Waals surface area contributed by atoms with Crippen LogP contribution in [0.25, 0.3) is 11.4 Å². The van der Waals surface area contributed by atoms with E-state index in [0.29, 0.717) is 13.2 Å². The molecule has 3 heterocycles. The summed E-state index contributed by atoms with van der Waals surface area (Å²) in [7, 11) is 0. The molecule has 1 fully saturated rings. The second kappa shape index (κ2) is 3.47. The number of hydrogen-bond donors (Lipinski definition) is 3. The second-order valence-electron chi connectivity index (χ2n) is 4.16. The quantitative estimate of drug-likeness (QED) is 0.710. The van der Waals surface area contributed by atoms with Gasteiger partial charge in [-0.05, 0) is 12.1 Å². The van der Waals surface area contributed by atoms with E-state index in [4.69, 9.17) is 4.74 Å². The highest BCUT2D eigenvalue weighted by Crippen LogP contribution is 2.30. The number of nitrogens with one attached hydrogen (secondary N) is 2. The first kappa shape index (κ1) is 9.62.